The molecule has 5 heteroatoms. The first-order valence-corrected chi connectivity index (χ1v) is 7.30. The Labute approximate surface area is 114 Å². The first kappa shape index (κ1) is 14.2. The molecule has 3 N–H and O–H groups in total. The van der Waals surface area contributed by atoms with E-state index in [9.17, 15) is 9.59 Å². The minimum atomic E-state index is -0.678. The largest absolute Gasteiger partial charge is 0.481 e. The average Bonchev–Trinajstić information content (AvgIpc) is 3.10. The molecule has 0 aromatic heterocycles. The summed E-state index contributed by atoms with van der Waals surface area (Å²) in [7, 11) is 0. The number of rotatable bonds is 5. The lowest BCUT2D eigenvalue weighted by atomic mass is 9.82. The van der Waals surface area contributed by atoms with Gasteiger partial charge in [0.25, 0.3) is 0 Å². The van der Waals surface area contributed by atoms with Crippen molar-refractivity contribution >= 4 is 12.0 Å². The standard InChI is InChI=1S/C14H24N2O3/c1-9-6-12(9)8-16-14(19)15-7-10-2-4-11(5-3-10)13(17)18/h9-12H,2-8H2,1H3,(H,17,18)(H2,15,16,19). The number of amides is 2. The number of carbonyl (C=O) groups is 2. The molecule has 0 spiro atoms. The van der Waals surface area contributed by atoms with Crippen molar-refractivity contribution in [1.29, 1.82) is 0 Å². The molecule has 2 atom stereocenters. The van der Waals surface area contributed by atoms with Gasteiger partial charge in [-0.3, -0.25) is 4.79 Å². The molecule has 0 aromatic carbocycles. The van der Waals surface area contributed by atoms with E-state index in [0.717, 1.165) is 38.1 Å². The summed E-state index contributed by atoms with van der Waals surface area (Å²) in [4.78, 5) is 22.4. The van der Waals surface area contributed by atoms with Crippen LogP contribution in [-0.4, -0.2) is 30.2 Å². The lowest BCUT2D eigenvalue weighted by molar-refractivity contribution is -0.143. The number of carboxylic acids is 1. The van der Waals surface area contributed by atoms with Gasteiger partial charge in [0.05, 0.1) is 5.92 Å². The van der Waals surface area contributed by atoms with Crippen LogP contribution in [0.3, 0.4) is 0 Å². The third kappa shape index (κ3) is 4.40. The van der Waals surface area contributed by atoms with Gasteiger partial charge >= 0.3 is 12.0 Å². The van der Waals surface area contributed by atoms with Crippen LogP contribution in [0, 0.1) is 23.7 Å². The van der Waals surface area contributed by atoms with Crippen molar-refractivity contribution in [3.63, 3.8) is 0 Å². The van der Waals surface area contributed by atoms with Crippen LogP contribution in [0.25, 0.3) is 0 Å². The van der Waals surface area contributed by atoms with Crippen LogP contribution in [0.15, 0.2) is 0 Å². The maximum absolute atomic E-state index is 11.6. The van der Waals surface area contributed by atoms with Crippen molar-refractivity contribution in [2.24, 2.45) is 23.7 Å². The summed E-state index contributed by atoms with van der Waals surface area (Å²) in [5.74, 6) is 0.994. The lowest BCUT2D eigenvalue weighted by Crippen LogP contribution is -2.40. The predicted molar refractivity (Wildman–Crippen MR) is 71.8 cm³/mol. The Balaban J connectivity index is 1.55. The molecule has 108 valence electrons. The Bertz CT molecular complexity index is 338. The first-order valence-electron chi connectivity index (χ1n) is 7.30. The molecule has 2 fully saturated rings. The van der Waals surface area contributed by atoms with E-state index in [0.29, 0.717) is 18.4 Å². The Morgan fingerprint density at radius 3 is 2.21 bits per heavy atom. The van der Waals surface area contributed by atoms with Gasteiger partial charge < -0.3 is 15.7 Å². The molecular formula is C14H24N2O3. The van der Waals surface area contributed by atoms with Gasteiger partial charge in [-0.05, 0) is 49.9 Å². The van der Waals surface area contributed by atoms with Crippen molar-refractivity contribution in [1.82, 2.24) is 10.6 Å². The zero-order valence-electron chi connectivity index (χ0n) is 11.5. The van der Waals surface area contributed by atoms with Crippen LogP contribution >= 0.6 is 0 Å². The highest BCUT2D eigenvalue weighted by Gasteiger charge is 2.32. The second-order valence-corrected chi connectivity index (χ2v) is 6.12. The molecule has 2 unspecified atom stereocenters. The topological polar surface area (TPSA) is 78.4 Å². The predicted octanol–water partition coefficient (Wildman–Crippen LogP) is 1.83. The molecule has 0 bridgehead atoms. The smallest absolute Gasteiger partial charge is 0.314 e. The van der Waals surface area contributed by atoms with Gasteiger partial charge in [-0.2, -0.15) is 0 Å². The summed E-state index contributed by atoms with van der Waals surface area (Å²) >= 11 is 0. The Hall–Kier alpha value is -1.26. The van der Waals surface area contributed by atoms with Crippen LogP contribution in [0.5, 0.6) is 0 Å². The van der Waals surface area contributed by atoms with Gasteiger partial charge in [0.2, 0.25) is 0 Å². The second kappa shape index (κ2) is 6.26. The van der Waals surface area contributed by atoms with E-state index in [1.165, 1.54) is 6.42 Å². The molecule has 0 saturated heterocycles. The molecular weight excluding hydrogens is 244 g/mol. The van der Waals surface area contributed by atoms with Crippen molar-refractivity contribution < 1.29 is 14.7 Å². The normalized spacial score (nSPS) is 33.5. The van der Waals surface area contributed by atoms with Crippen molar-refractivity contribution in [3.8, 4) is 0 Å². The average molecular weight is 268 g/mol. The number of nitrogens with one attached hydrogen (secondary N) is 2. The fourth-order valence-electron chi connectivity index (χ4n) is 2.82. The SMILES string of the molecule is CC1CC1CNC(=O)NCC1CCC(C(=O)O)CC1. The molecule has 0 aromatic rings. The molecule has 2 aliphatic carbocycles. The zero-order chi connectivity index (χ0) is 13.8. The van der Waals surface area contributed by atoms with Gasteiger partial charge in [0.15, 0.2) is 0 Å². The highest BCUT2D eigenvalue weighted by atomic mass is 16.4. The van der Waals surface area contributed by atoms with Crippen LogP contribution in [0.1, 0.15) is 39.0 Å². The number of carboxylic acid groups (broad SMARTS) is 1. The van der Waals surface area contributed by atoms with Crippen molar-refractivity contribution in [3.05, 3.63) is 0 Å². The third-order valence-electron chi connectivity index (χ3n) is 4.55. The minimum absolute atomic E-state index is 0.0838. The van der Waals surface area contributed by atoms with E-state index in [1.807, 2.05) is 0 Å². The van der Waals surface area contributed by atoms with E-state index in [2.05, 4.69) is 17.6 Å². The lowest BCUT2D eigenvalue weighted by Gasteiger charge is -2.26. The quantitative estimate of drug-likeness (QED) is 0.712. The van der Waals surface area contributed by atoms with Gasteiger partial charge in [0.1, 0.15) is 0 Å². The monoisotopic (exact) mass is 268 g/mol. The van der Waals surface area contributed by atoms with Crippen LogP contribution in [0.2, 0.25) is 0 Å². The summed E-state index contributed by atoms with van der Waals surface area (Å²) < 4.78 is 0. The maximum Gasteiger partial charge on any atom is 0.314 e. The van der Waals surface area contributed by atoms with Crippen molar-refractivity contribution in [2.75, 3.05) is 13.1 Å². The van der Waals surface area contributed by atoms with E-state index < -0.39 is 5.97 Å². The number of hydrogen-bond donors (Lipinski definition) is 3. The highest BCUT2D eigenvalue weighted by Crippen LogP contribution is 2.36. The molecule has 19 heavy (non-hydrogen) atoms. The van der Waals surface area contributed by atoms with Gasteiger partial charge in [-0.1, -0.05) is 6.92 Å². The second-order valence-electron chi connectivity index (χ2n) is 6.12. The fourth-order valence-corrected chi connectivity index (χ4v) is 2.82. The first-order chi connectivity index (χ1) is 9.06. The zero-order valence-corrected chi connectivity index (χ0v) is 11.5. The molecule has 5 nitrogen and oxygen atoms in total. The molecule has 2 amide bonds. The van der Waals surface area contributed by atoms with E-state index >= 15 is 0 Å². The Morgan fingerprint density at radius 1 is 1.11 bits per heavy atom. The molecule has 0 heterocycles. The molecule has 2 aliphatic rings. The van der Waals surface area contributed by atoms with Gasteiger partial charge in [-0.15, -0.1) is 0 Å². The number of aliphatic carboxylic acids is 1. The number of urea groups is 1. The minimum Gasteiger partial charge on any atom is -0.481 e. The number of carbonyl (C=O) groups excluding carboxylic acids is 1. The van der Waals surface area contributed by atoms with Crippen LogP contribution in [0.4, 0.5) is 4.79 Å². The fraction of sp³-hybridized carbons (Fsp3) is 0.857. The molecule has 0 aliphatic heterocycles. The molecule has 2 rings (SSSR count). The van der Waals surface area contributed by atoms with Gasteiger partial charge in [-0.25, -0.2) is 4.79 Å². The van der Waals surface area contributed by atoms with Crippen molar-refractivity contribution in [2.45, 2.75) is 39.0 Å². The van der Waals surface area contributed by atoms with E-state index in [1.54, 1.807) is 0 Å². The van der Waals surface area contributed by atoms with Crippen LogP contribution in [-0.2, 0) is 4.79 Å². The Morgan fingerprint density at radius 2 is 1.68 bits per heavy atom. The summed E-state index contributed by atoms with van der Waals surface area (Å²) in [5.41, 5.74) is 0. The Kier molecular flexibility index (Phi) is 4.66. The molecule has 2 saturated carbocycles. The van der Waals surface area contributed by atoms with Gasteiger partial charge in [0, 0.05) is 13.1 Å². The number of hydrogen-bond acceptors (Lipinski definition) is 2. The summed E-state index contributed by atoms with van der Waals surface area (Å²) in [5, 5.41) is 14.7. The highest BCUT2D eigenvalue weighted by molar-refractivity contribution is 5.73. The summed E-state index contributed by atoms with van der Waals surface area (Å²) in [6, 6.07) is -0.0838. The maximum atomic E-state index is 11.6. The van der Waals surface area contributed by atoms with Crippen LogP contribution < -0.4 is 10.6 Å². The third-order valence-corrected chi connectivity index (χ3v) is 4.55. The summed E-state index contributed by atoms with van der Waals surface area (Å²) in [6.45, 7) is 3.64. The molecule has 0 radical (unpaired) electrons. The summed E-state index contributed by atoms with van der Waals surface area (Å²) in [6.07, 6.45) is 4.50. The van der Waals surface area contributed by atoms with E-state index in [4.69, 9.17) is 5.11 Å². The van der Waals surface area contributed by atoms with E-state index in [-0.39, 0.29) is 11.9 Å².